The van der Waals surface area contributed by atoms with Gasteiger partial charge in [0.1, 0.15) is 11.6 Å². The molecule has 0 atom stereocenters. The molecule has 3 aromatic rings. The van der Waals surface area contributed by atoms with Gasteiger partial charge >= 0.3 is 6.18 Å². The number of ether oxygens (including phenoxy) is 1. The quantitative estimate of drug-likeness (QED) is 0.571. The molecule has 0 aliphatic heterocycles. The molecule has 1 amide bonds. The van der Waals surface area contributed by atoms with E-state index < -0.39 is 17.6 Å². The van der Waals surface area contributed by atoms with Gasteiger partial charge in [-0.15, -0.1) is 5.10 Å². The second-order valence-corrected chi connectivity index (χ2v) is 6.25. The van der Waals surface area contributed by atoms with Crippen molar-refractivity contribution in [1.29, 1.82) is 0 Å². The average Bonchev–Trinajstić information content (AvgIpc) is 3.12. The number of nitrogens with zero attached hydrogens (tertiary/aromatic N) is 4. The van der Waals surface area contributed by atoms with Crippen LogP contribution in [0.3, 0.4) is 0 Å². The van der Waals surface area contributed by atoms with E-state index in [9.17, 15) is 18.0 Å². The second-order valence-electron chi connectivity index (χ2n) is 6.25. The Balaban J connectivity index is 1.55. The Bertz CT molecular complexity index is 1020. The number of carbonyl (C=O) groups excluding carboxylic acids is 1. The van der Waals surface area contributed by atoms with Crippen LogP contribution < -0.4 is 15.4 Å². The largest absolute Gasteiger partial charge is 0.497 e. The minimum Gasteiger partial charge on any atom is -0.497 e. The van der Waals surface area contributed by atoms with E-state index in [1.54, 1.807) is 32.2 Å². The van der Waals surface area contributed by atoms with E-state index in [4.69, 9.17) is 4.74 Å². The van der Waals surface area contributed by atoms with Crippen molar-refractivity contribution in [1.82, 2.24) is 25.3 Å². The lowest BCUT2D eigenvalue weighted by molar-refractivity contribution is -0.137. The summed E-state index contributed by atoms with van der Waals surface area (Å²) in [6.45, 7) is 2.21. The van der Waals surface area contributed by atoms with Crippen LogP contribution in [0, 0.1) is 6.92 Å². The summed E-state index contributed by atoms with van der Waals surface area (Å²) in [6.07, 6.45) is -3.68. The van der Waals surface area contributed by atoms with Gasteiger partial charge in [0.15, 0.2) is 5.69 Å². The molecule has 0 unspecified atom stereocenters. The van der Waals surface area contributed by atoms with E-state index in [0.717, 1.165) is 12.3 Å². The minimum atomic E-state index is -4.43. The molecular formula is C19H19F3N6O2. The van der Waals surface area contributed by atoms with Crippen LogP contribution in [0.25, 0.3) is 5.69 Å². The van der Waals surface area contributed by atoms with Crippen LogP contribution in [0.15, 0.2) is 42.6 Å². The maximum atomic E-state index is 12.5. The van der Waals surface area contributed by atoms with Crippen molar-refractivity contribution in [3.8, 4) is 11.4 Å². The van der Waals surface area contributed by atoms with Gasteiger partial charge < -0.3 is 15.4 Å². The molecule has 11 heteroatoms. The topological polar surface area (TPSA) is 94.0 Å². The van der Waals surface area contributed by atoms with E-state index >= 15 is 0 Å². The Morgan fingerprint density at radius 1 is 1.20 bits per heavy atom. The highest BCUT2D eigenvalue weighted by Crippen LogP contribution is 2.28. The fraction of sp³-hybridized carbons (Fsp3) is 0.263. The maximum Gasteiger partial charge on any atom is 0.417 e. The molecular weight excluding hydrogens is 401 g/mol. The van der Waals surface area contributed by atoms with Gasteiger partial charge in [-0.2, -0.15) is 13.2 Å². The summed E-state index contributed by atoms with van der Waals surface area (Å²) in [5, 5.41) is 13.5. The van der Waals surface area contributed by atoms with Crippen LogP contribution in [-0.4, -0.2) is 46.1 Å². The molecule has 2 heterocycles. The van der Waals surface area contributed by atoms with Crippen LogP contribution >= 0.6 is 0 Å². The molecule has 30 heavy (non-hydrogen) atoms. The van der Waals surface area contributed by atoms with E-state index in [1.807, 2.05) is 6.07 Å². The molecule has 0 spiro atoms. The first-order chi connectivity index (χ1) is 14.3. The molecule has 158 valence electrons. The van der Waals surface area contributed by atoms with Crippen molar-refractivity contribution >= 4 is 11.7 Å². The van der Waals surface area contributed by atoms with Gasteiger partial charge in [-0.1, -0.05) is 11.3 Å². The third-order valence-corrected chi connectivity index (χ3v) is 4.22. The van der Waals surface area contributed by atoms with Gasteiger partial charge in [0.2, 0.25) is 0 Å². The number of carbonyl (C=O) groups is 1. The number of methoxy groups -OCH3 is 1. The highest BCUT2D eigenvalue weighted by Gasteiger charge is 2.30. The van der Waals surface area contributed by atoms with Crippen molar-refractivity contribution < 1.29 is 22.7 Å². The molecule has 3 rings (SSSR count). The highest BCUT2D eigenvalue weighted by molar-refractivity contribution is 5.93. The van der Waals surface area contributed by atoms with Crippen LogP contribution in [0.4, 0.5) is 19.0 Å². The summed E-state index contributed by atoms with van der Waals surface area (Å²) in [6, 6.07) is 9.35. The number of halogens is 3. The third-order valence-electron chi connectivity index (χ3n) is 4.22. The van der Waals surface area contributed by atoms with Crippen molar-refractivity contribution in [3.05, 3.63) is 59.5 Å². The number of pyridine rings is 1. The molecule has 0 saturated carbocycles. The van der Waals surface area contributed by atoms with Crippen molar-refractivity contribution in [2.75, 3.05) is 25.5 Å². The summed E-state index contributed by atoms with van der Waals surface area (Å²) < 4.78 is 44.3. The fourth-order valence-corrected chi connectivity index (χ4v) is 2.64. The van der Waals surface area contributed by atoms with E-state index in [-0.39, 0.29) is 24.6 Å². The van der Waals surface area contributed by atoms with Gasteiger partial charge in [-0.25, -0.2) is 9.67 Å². The lowest BCUT2D eigenvalue weighted by Gasteiger charge is -2.09. The Labute approximate surface area is 170 Å². The number of nitrogens with one attached hydrogen (secondary N) is 2. The van der Waals surface area contributed by atoms with E-state index in [1.165, 1.54) is 10.7 Å². The minimum absolute atomic E-state index is 0.172. The lowest BCUT2D eigenvalue weighted by Crippen LogP contribution is -2.29. The first-order valence-electron chi connectivity index (χ1n) is 8.91. The summed E-state index contributed by atoms with van der Waals surface area (Å²) in [4.78, 5) is 16.1. The summed E-state index contributed by atoms with van der Waals surface area (Å²) in [5.74, 6) is 0.512. The average molecular weight is 420 g/mol. The number of benzene rings is 1. The maximum absolute atomic E-state index is 12.5. The monoisotopic (exact) mass is 420 g/mol. The number of aromatic nitrogens is 4. The molecule has 0 radical (unpaired) electrons. The summed E-state index contributed by atoms with van der Waals surface area (Å²) in [5.41, 5.74) is 0.605. The van der Waals surface area contributed by atoms with E-state index in [2.05, 4.69) is 25.9 Å². The first-order valence-corrected chi connectivity index (χ1v) is 8.91. The van der Waals surface area contributed by atoms with Crippen molar-refractivity contribution in [3.63, 3.8) is 0 Å². The molecule has 0 fully saturated rings. The predicted molar refractivity (Wildman–Crippen MR) is 103 cm³/mol. The Hall–Kier alpha value is -3.63. The zero-order chi connectivity index (χ0) is 21.7. The smallest absolute Gasteiger partial charge is 0.417 e. The zero-order valence-corrected chi connectivity index (χ0v) is 16.2. The van der Waals surface area contributed by atoms with Gasteiger partial charge in [0.05, 0.1) is 24.1 Å². The van der Waals surface area contributed by atoms with Crippen molar-refractivity contribution in [2.45, 2.75) is 13.1 Å². The molecule has 1 aromatic carbocycles. The number of anilines is 1. The number of hydrogen-bond acceptors (Lipinski definition) is 6. The van der Waals surface area contributed by atoms with Crippen LogP contribution in [0.2, 0.25) is 0 Å². The molecule has 8 nitrogen and oxygen atoms in total. The SMILES string of the molecule is COc1cccc(-n2nnc(C(=O)NCCNc3ccc(C(F)(F)F)cn3)c2C)c1. The number of amides is 1. The number of rotatable bonds is 7. The molecule has 2 aromatic heterocycles. The first kappa shape index (κ1) is 21.1. The Kier molecular flexibility index (Phi) is 6.19. The predicted octanol–water partition coefficient (Wildman–Crippen LogP) is 2.84. The Morgan fingerprint density at radius 3 is 2.67 bits per heavy atom. The molecule has 0 aliphatic carbocycles. The van der Waals surface area contributed by atoms with Crippen LogP contribution in [0.1, 0.15) is 21.7 Å². The summed E-state index contributed by atoms with van der Waals surface area (Å²) in [7, 11) is 1.56. The number of alkyl halides is 3. The molecule has 0 aliphatic rings. The summed E-state index contributed by atoms with van der Waals surface area (Å²) >= 11 is 0. The van der Waals surface area contributed by atoms with Gasteiger partial charge in [0.25, 0.3) is 5.91 Å². The third kappa shape index (κ3) is 4.85. The Morgan fingerprint density at radius 2 is 2.00 bits per heavy atom. The standard InChI is InChI=1S/C19H19F3N6O2/c1-12-17(26-27-28(12)14-4-3-5-15(10-14)30-2)18(29)24-9-8-23-16-7-6-13(11-25-16)19(20,21)22/h3-7,10-11H,8-9H2,1-2H3,(H,23,25)(H,24,29). The second kappa shape index (κ2) is 8.80. The van der Waals surface area contributed by atoms with Crippen LogP contribution in [0.5, 0.6) is 5.75 Å². The van der Waals surface area contributed by atoms with Crippen molar-refractivity contribution in [2.24, 2.45) is 0 Å². The zero-order valence-electron chi connectivity index (χ0n) is 16.2. The van der Waals surface area contributed by atoms with Gasteiger partial charge in [0, 0.05) is 25.4 Å². The molecule has 0 saturated heterocycles. The molecule has 2 N–H and O–H groups in total. The lowest BCUT2D eigenvalue weighted by atomic mass is 10.2. The van der Waals surface area contributed by atoms with Gasteiger partial charge in [-0.05, 0) is 31.2 Å². The fourth-order valence-electron chi connectivity index (χ4n) is 2.64. The van der Waals surface area contributed by atoms with Crippen LogP contribution in [-0.2, 0) is 6.18 Å². The van der Waals surface area contributed by atoms with Gasteiger partial charge in [-0.3, -0.25) is 4.79 Å². The van der Waals surface area contributed by atoms with E-state index in [0.29, 0.717) is 17.1 Å². The highest BCUT2D eigenvalue weighted by atomic mass is 19.4. The number of hydrogen-bond donors (Lipinski definition) is 2. The molecule has 0 bridgehead atoms. The normalized spacial score (nSPS) is 11.2.